The molecule has 4 N–H and O–H groups in total. The number of unbranched alkanes of at least 4 members (excludes halogenated alkanes) is 5. The van der Waals surface area contributed by atoms with E-state index in [1.54, 1.807) is 0 Å². The topological polar surface area (TPSA) is 72.0 Å². The molecule has 0 aliphatic rings. The predicted molar refractivity (Wildman–Crippen MR) is 224 cm³/mol. The summed E-state index contributed by atoms with van der Waals surface area (Å²) in [6, 6.07) is 40.0. The van der Waals surface area contributed by atoms with Gasteiger partial charge in [-0.3, -0.25) is 9.79 Å². The van der Waals surface area contributed by atoms with Crippen LogP contribution in [-0.2, 0) is 0 Å². The van der Waals surface area contributed by atoms with Gasteiger partial charge in [0, 0.05) is 93.8 Å². The Bertz CT molecular complexity index is 772. The van der Waals surface area contributed by atoms with Crippen LogP contribution in [0.1, 0.15) is 112 Å². The van der Waals surface area contributed by atoms with Crippen LogP contribution in [0, 0.1) is 93.8 Å². The molecule has 4 aromatic carbocycles. The van der Waals surface area contributed by atoms with E-state index in [0.717, 1.165) is 43.4 Å². The minimum Gasteiger partial charge on any atom is -0.748 e. The zero-order valence-electron chi connectivity index (χ0n) is 32.4. The summed E-state index contributed by atoms with van der Waals surface area (Å²) in [5, 5.41) is 0. The van der Waals surface area contributed by atoms with Crippen molar-refractivity contribution in [3.05, 3.63) is 121 Å². The van der Waals surface area contributed by atoms with Gasteiger partial charge in [0.15, 0.2) is 0 Å². The second-order valence-electron chi connectivity index (χ2n) is 12.1. The molecule has 0 aromatic heterocycles. The molecule has 0 atom stereocenters. The monoisotopic (exact) mass is 1050 g/mol. The Kier molecular flexibility index (Phi) is 58.3. The maximum Gasteiger partial charge on any atom is 0.142 e. The minimum absolute atomic E-state index is 0. The van der Waals surface area contributed by atoms with Crippen molar-refractivity contribution in [1.82, 2.24) is 0 Å². The van der Waals surface area contributed by atoms with E-state index in [2.05, 4.69) is 41.5 Å². The summed E-state index contributed by atoms with van der Waals surface area (Å²) < 4.78 is 0. The molecule has 0 saturated carbocycles. The van der Waals surface area contributed by atoms with Gasteiger partial charge in [-0.25, -0.2) is 36.4 Å². The molecule has 0 radical (unpaired) electrons. The van der Waals surface area contributed by atoms with Crippen LogP contribution in [-0.4, -0.2) is 52.2 Å². The Hall–Kier alpha value is 1.18. The van der Waals surface area contributed by atoms with Gasteiger partial charge in [0.1, 0.15) is 15.0 Å². The van der Waals surface area contributed by atoms with Gasteiger partial charge in [0.25, 0.3) is 0 Å². The Morgan fingerprint density at radius 2 is 0.560 bits per heavy atom. The van der Waals surface area contributed by atoms with Crippen molar-refractivity contribution in [3.8, 4) is 0 Å². The quantitative estimate of drug-likeness (QED) is 0.0817. The summed E-state index contributed by atoms with van der Waals surface area (Å²) in [5.74, 6) is 0. The molecule has 0 aliphatic carbocycles. The fourth-order valence-electron chi connectivity index (χ4n) is 4.63. The molecular weight excluding hydrogens is 972 g/mol. The van der Waals surface area contributed by atoms with Crippen molar-refractivity contribution >= 4 is 15.0 Å². The van der Waals surface area contributed by atoms with Crippen molar-refractivity contribution in [2.24, 2.45) is 0 Å². The summed E-state index contributed by atoms with van der Waals surface area (Å²) in [4.78, 5) is 20.9. The second-order valence-corrected chi connectivity index (χ2v) is 19.2. The maximum absolute atomic E-state index is 10.5. The molecule has 0 saturated heterocycles. The molecule has 0 spiro atoms. The second kappa shape index (κ2) is 48.2. The molecular formula is C43H76O3P2Yb2-6. The van der Waals surface area contributed by atoms with E-state index in [1.165, 1.54) is 64.2 Å². The van der Waals surface area contributed by atoms with E-state index in [4.69, 9.17) is 0 Å². The Labute approximate surface area is 389 Å². The molecule has 0 fully saturated rings. The van der Waals surface area contributed by atoms with Gasteiger partial charge in [-0.1, -0.05) is 73.6 Å². The van der Waals surface area contributed by atoms with Crippen molar-refractivity contribution in [3.63, 3.8) is 0 Å². The van der Waals surface area contributed by atoms with Crippen LogP contribution >= 0.6 is 15.0 Å². The third-order valence-electron chi connectivity index (χ3n) is 7.50. The molecule has 0 amide bonds. The molecule has 3 nitrogen and oxygen atoms in total. The Morgan fingerprint density at radius 1 is 0.360 bits per heavy atom. The van der Waals surface area contributed by atoms with Crippen LogP contribution in [0.25, 0.3) is 0 Å². The van der Waals surface area contributed by atoms with E-state index in [1.807, 2.05) is 121 Å². The summed E-state index contributed by atoms with van der Waals surface area (Å²) in [5.41, 5.74) is 0. The van der Waals surface area contributed by atoms with Gasteiger partial charge >= 0.3 is 0 Å². The van der Waals surface area contributed by atoms with Gasteiger partial charge in [-0.2, -0.15) is 54.6 Å². The molecule has 0 bridgehead atoms. The normalized spacial score (nSPS) is 9.68. The van der Waals surface area contributed by atoms with Crippen LogP contribution < -0.4 is 0 Å². The molecule has 310 valence electrons. The van der Waals surface area contributed by atoms with Gasteiger partial charge in [0.2, 0.25) is 0 Å². The zero-order valence-corrected chi connectivity index (χ0v) is 37.6. The van der Waals surface area contributed by atoms with E-state index in [9.17, 15) is 9.79 Å². The fourth-order valence-corrected chi connectivity index (χ4v) is 11.3. The average molecular weight is 1050 g/mol. The summed E-state index contributed by atoms with van der Waals surface area (Å²) in [7, 11) is -3.02. The largest absolute Gasteiger partial charge is 0.748 e. The fraction of sp³-hybridized carbons (Fsp3) is 0.535. The average Bonchev–Trinajstić information content (AvgIpc) is 3.94. The van der Waals surface area contributed by atoms with E-state index < -0.39 is 15.0 Å². The third kappa shape index (κ3) is 45.3. The molecule has 4 aromatic rings. The van der Waals surface area contributed by atoms with E-state index in [0.29, 0.717) is 0 Å². The summed E-state index contributed by atoms with van der Waals surface area (Å²) in [6.45, 7) is 13.2. The first-order valence-electron chi connectivity index (χ1n) is 18.7. The first-order chi connectivity index (χ1) is 22.9. The summed E-state index contributed by atoms with van der Waals surface area (Å²) in [6.07, 6.45) is 20.0. The van der Waals surface area contributed by atoms with E-state index in [-0.39, 0.29) is 99.3 Å². The first-order valence-corrected chi connectivity index (χ1v) is 23.3. The number of hydrogen-bond acceptors (Lipinski definition) is 2. The molecule has 4 rings (SSSR count). The van der Waals surface area contributed by atoms with Crippen LogP contribution in [0.15, 0.2) is 121 Å². The number of hydrogen-bond donors (Lipinski definition) is 2. The number of rotatable bonds is 17. The van der Waals surface area contributed by atoms with Crippen LogP contribution in [0.5, 0.6) is 0 Å². The standard InChI is InChI=1S/C12H28OP.C11H26OP.4C5H5.H2O.2Yb/c1-4-7-10-14(13,11-8-5-2)12-9-6-3;1-4-7-10-13(12,9-6-3)11-8-5-2;4*1-2-4-5-3-1;;;/h13H,4-12H2,1-3H3;12H,4-11H2,1-3H3;4*1-5H;1H2;;/q2*+1;-5;3*-1;;;. The van der Waals surface area contributed by atoms with Crippen molar-refractivity contribution in [2.45, 2.75) is 112 Å². The van der Waals surface area contributed by atoms with Crippen molar-refractivity contribution in [1.29, 1.82) is 0 Å². The van der Waals surface area contributed by atoms with Crippen LogP contribution in [0.4, 0.5) is 0 Å². The van der Waals surface area contributed by atoms with Crippen molar-refractivity contribution < 1.29 is 109 Å². The minimum atomic E-state index is -1.52. The summed E-state index contributed by atoms with van der Waals surface area (Å²) >= 11 is 0. The van der Waals surface area contributed by atoms with Gasteiger partial charge in [-0.15, -0.1) is 0 Å². The smallest absolute Gasteiger partial charge is 0.142 e. The molecule has 0 aliphatic heterocycles. The Balaban J connectivity index is -0.000000169. The zero-order chi connectivity index (χ0) is 35.2. The van der Waals surface area contributed by atoms with Gasteiger partial charge in [-0.05, 0) is 38.5 Å². The molecule has 7 heteroatoms. The maximum atomic E-state index is 10.5. The van der Waals surface area contributed by atoms with E-state index >= 15 is 0 Å². The molecule has 0 heterocycles. The van der Waals surface area contributed by atoms with Crippen molar-refractivity contribution in [2.75, 3.05) is 37.0 Å². The van der Waals surface area contributed by atoms with Crippen LogP contribution in [0.3, 0.4) is 0 Å². The predicted octanol–water partition coefficient (Wildman–Crippen LogP) is 13.0. The third-order valence-corrected chi connectivity index (χ3v) is 14.5. The SMILES string of the molecule is CCCC[P+](O)(CCC)CCCC.CCCC[P+](O)(CCCC)CCCC.O.[Yb].[Yb].[cH-]1[cH-][cH-][cH-][cH-]1.c1cc[cH-]c1.c1cc[cH-]c1.c1cc[cH-]c1. The van der Waals surface area contributed by atoms with Gasteiger partial charge < -0.3 is 35.8 Å². The molecule has 0 unspecified atom stereocenters. The molecule has 50 heavy (non-hydrogen) atoms. The Morgan fingerprint density at radius 3 is 0.700 bits per heavy atom. The first kappa shape index (κ1) is 60.4. The van der Waals surface area contributed by atoms with Crippen LogP contribution in [0.2, 0.25) is 0 Å². The van der Waals surface area contributed by atoms with Gasteiger partial charge in [0.05, 0.1) is 37.0 Å².